The summed E-state index contributed by atoms with van der Waals surface area (Å²) >= 11 is 0. The molecule has 3 rings (SSSR count). The van der Waals surface area contributed by atoms with Gasteiger partial charge in [-0.1, -0.05) is 36.4 Å². The highest BCUT2D eigenvalue weighted by Crippen LogP contribution is 2.30. The molecule has 4 nitrogen and oxygen atoms in total. The van der Waals surface area contributed by atoms with Gasteiger partial charge in [0.2, 0.25) is 5.91 Å². The highest BCUT2D eigenvalue weighted by molar-refractivity contribution is 5.72. The van der Waals surface area contributed by atoms with Crippen LogP contribution < -0.4 is 5.32 Å². The van der Waals surface area contributed by atoms with Crippen molar-refractivity contribution in [1.82, 2.24) is 15.2 Å². The summed E-state index contributed by atoms with van der Waals surface area (Å²) in [6.07, 6.45) is 5.37. The van der Waals surface area contributed by atoms with Crippen LogP contribution in [0.3, 0.4) is 0 Å². The molecule has 1 aliphatic heterocycles. The van der Waals surface area contributed by atoms with Crippen LogP contribution in [0.5, 0.6) is 0 Å². The number of carbonyl (C=O) groups is 1. The second-order valence-electron chi connectivity index (χ2n) is 6.43. The van der Waals surface area contributed by atoms with Crippen molar-refractivity contribution in [1.29, 1.82) is 0 Å². The summed E-state index contributed by atoms with van der Waals surface area (Å²) in [6.45, 7) is 4.30. The Labute approximate surface area is 143 Å². The molecule has 0 saturated carbocycles. The summed E-state index contributed by atoms with van der Waals surface area (Å²) in [6, 6.07) is 15.3. The first-order valence-electron chi connectivity index (χ1n) is 8.69. The van der Waals surface area contributed by atoms with E-state index in [1.54, 1.807) is 0 Å². The molecule has 0 aliphatic carbocycles. The first kappa shape index (κ1) is 16.7. The molecule has 1 N–H and O–H groups in total. The van der Waals surface area contributed by atoms with Crippen molar-refractivity contribution in [3.05, 3.63) is 65.5 Å². The number of aromatic nitrogens is 1. The Hall–Kier alpha value is -2.20. The predicted octanol–water partition coefficient (Wildman–Crippen LogP) is 3.10. The minimum absolute atomic E-state index is 0.0121. The molecule has 1 aliphatic rings. The third-order valence-corrected chi connectivity index (χ3v) is 4.62. The quantitative estimate of drug-likeness (QED) is 0.888. The van der Waals surface area contributed by atoms with Crippen molar-refractivity contribution in [3.63, 3.8) is 0 Å². The van der Waals surface area contributed by atoms with Crippen LogP contribution in [-0.4, -0.2) is 28.9 Å². The summed E-state index contributed by atoms with van der Waals surface area (Å²) < 4.78 is 0. The number of amides is 1. The number of carbonyl (C=O) groups excluding carboxylic acids is 1. The maximum absolute atomic E-state index is 11.0. The fourth-order valence-corrected chi connectivity index (χ4v) is 3.31. The zero-order valence-corrected chi connectivity index (χ0v) is 14.2. The van der Waals surface area contributed by atoms with E-state index in [1.165, 1.54) is 25.3 Å². The number of rotatable bonds is 6. The molecule has 1 amide bonds. The van der Waals surface area contributed by atoms with Gasteiger partial charge in [-0.05, 0) is 43.0 Å². The Morgan fingerprint density at radius 2 is 2.04 bits per heavy atom. The van der Waals surface area contributed by atoms with Crippen LogP contribution >= 0.6 is 0 Å². The molecule has 0 bridgehead atoms. The van der Waals surface area contributed by atoms with Crippen LogP contribution in [0.2, 0.25) is 0 Å². The van der Waals surface area contributed by atoms with Crippen LogP contribution in [0.4, 0.5) is 0 Å². The second kappa shape index (κ2) is 8.06. The molecule has 24 heavy (non-hydrogen) atoms. The first-order valence-corrected chi connectivity index (χ1v) is 8.69. The van der Waals surface area contributed by atoms with Crippen molar-refractivity contribution in [2.75, 3.05) is 13.1 Å². The van der Waals surface area contributed by atoms with Gasteiger partial charge in [0.25, 0.3) is 0 Å². The molecule has 1 aromatic heterocycles. The van der Waals surface area contributed by atoms with Gasteiger partial charge in [0.05, 0.1) is 11.7 Å². The molecule has 1 saturated heterocycles. The monoisotopic (exact) mass is 323 g/mol. The number of nitrogens with one attached hydrogen (secondary N) is 1. The second-order valence-corrected chi connectivity index (χ2v) is 6.43. The van der Waals surface area contributed by atoms with Crippen LogP contribution in [-0.2, 0) is 17.8 Å². The normalized spacial score (nSPS) is 17.8. The molecular formula is C20H25N3O. The predicted molar refractivity (Wildman–Crippen MR) is 95.5 cm³/mol. The SMILES string of the molecule is CC(=O)NCc1ccc([C@H]2CCCN2CCc2ccccc2)nc1. The van der Waals surface area contributed by atoms with Crippen LogP contribution in [0.1, 0.15) is 42.6 Å². The van der Waals surface area contributed by atoms with E-state index in [-0.39, 0.29) is 5.91 Å². The van der Waals surface area contributed by atoms with Crippen molar-refractivity contribution >= 4 is 5.91 Å². The zero-order chi connectivity index (χ0) is 16.8. The Morgan fingerprint density at radius 3 is 2.75 bits per heavy atom. The molecule has 1 fully saturated rings. The minimum atomic E-state index is -0.0121. The first-order chi connectivity index (χ1) is 11.7. The van der Waals surface area contributed by atoms with Crippen molar-refractivity contribution in [2.24, 2.45) is 0 Å². The summed E-state index contributed by atoms with van der Waals surface area (Å²) in [5.74, 6) is -0.0121. The number of hydrogen-bond acceptors (Lipinski definition) is 3. The van der Waals surface area contributed by atoms with E-state index in [0.717, 1.165) is 30.8 Å². The summed E-state index contributed by atoms with van der Waals surface area (Å²) in [5.41, 5.74) is 3.58. The van der Waals surface area contributed by atoms with Gasteiger partial charge in [-0.15, -0.1) is 0 Å². The fourth-order valence-electron chi connectivity index (χ4n) is 3.31. The number of likely N-dealkylation sites (tertiary alicyclic amines) is 1. The highest BCUT2D eigenvalue weighted by Gasteiger charge is 2.26. The third kappa shape index (κ3) is 4.42. The summed E-state index contributed by atoms with van der Waals surface area (Å²) in [4.78, 5) is 18.2. The van der Waals surface area contributed by atoms with Gasteiger partial charge in [0.15, 0.2) is 0 Å². The molecular weight excluding hydrogens is 298 g/mol. The summed E-state index contributed by atoms with van der Waals surface area (Å²) in [7, 11) is 0. The molecule has 4 heteroatoms. The molecule has 126 valence electrons. The van der Waals surface area contributed by atoms with Gasteiger partial charge in [-0.2, -0.15) is 0 Å². The minimum Gasteiger partial charge on any atom is -0.352 e. The number of pyridine rings is 1. The Kier molecular flexibility index (Phi) is 5.59. The zero-order valence-electron chi connectivity index (χ0n) is 14.2. The van der Waals surface area contributed by atoms with E-state index >= 15 is 0 Å². The highest BCUT2D eigenvalue weighted by atomic mass is 16.1. The molecule has 1 atom stereocenters. The average molecular weight is 323 g/mol. The lowest BCUT2D eigenvalue weighted by atomic mass is 10.1. The maximum Gasteiger partial charge on any atom is 0.217 e. The van der Waals surface area contributed by atoms with Crippen molar-refractivity contribution in [3.8, 4) is 0 Å². The topological polar surface area (TPSA) is 45.2 Å². The van der Waals surface area contributed by atoms with E-state index in [4.69, 9.17) is 0 Å². The molecule has 0 spiro atoms. The van der Waals surface area contributed by atoms with E-state index in [2.05, 4.69) is 57.7 Å². The molecule has 1 aromatic carbocycles. The lowest BCUT2D eigenvalue weighted by Gasteiger charge is -2.24. The largest absolute Gasteiger partial charge is 0.352 e. The van der Waals surface area contributed by atoms with Gasteiger partial charge in [0.1, 0.15) is 0 Å². The van der Waals surface area contributed by atoms with E-state index in [0.29, 0.717) is 12.6 Å². The van der Waals surface area contributed by atoms with Gasteiger partial charge < -0.3 is 5.32 Å². The van der Waals surface area contributed by atoms with Gasteiger partial charge in [0, 0.05) is 26.2 Å². The number of hydrogen-bond donors (Lipinski definition) is 1. The Morgan fingerprint density at radius 1 is 1.21 bits per heavy atom. The van der Waals surface area contributed by atoms with E-state index in [1.807, 2.05) is 6.20 Å². The molecule has 2 aromatic rings. The average Bonchev–Trinajstić information content (AvgIpc) is 3.08. The number of nitrogens with zero attached hydrogens (tertiary/aromatic N) is 2. The smallest absolute Gasteiger partial charge is 0.217 e. The molecule has 0 unspecified atom stereocenters. The van der Waals surface area contributed by atoms with Gasteiger partial charge in [-0.25, -0.2) is 0 Å². The molecule has 0 radical (unpaired) electrons. The van der Waals surface area contributed by atoms with E-state index in [9.17, 15) is 4.79 Å². The standard InChI is InChI=1S/C20H25N3O/c1-16(24)21-14-18-9-10-19(22-15-18)20-8-5-12-23(20)13-11-17-6-3-2-4-7-17/h2-4,6-7,9-10,15,20H,5,8,11-14H2,1H3,(H,21,24)/t20-/m1/s1. The van der Waals surface area contributed by atoms with Crippen molar-refractivity contribution in [2.45, 2.75) is 38.8 Å². The lowest BCUT2D eigenvalue weighted by molar-refractivity contribution is -0.119. The van der Waals surface area contributed by atoms with Crippen LogP contribution in [0.25, 0.3) is 0 Å². The van der Waals surface area contributed by atoms with Crippen LogP contribution in [0, 0.1) is 0 Å². The van der Waals surface area contributed by atoms with Crippen LogP contribution in [0.15, 0.2) is 48.7 Å². The third-order valence-electron chi connectivity index (χ3n) is 4.62. The number of benzene rings is 1. The fraction of sp³-hybridized carbons (Fsp3) is 0.400. The summed E-state index contributed by atoms with van der Waals surface area (Å²) in [5, 5.41) is 2.81. The van der Waals surface area contributed by atoms with Gasteiger partial charge >= 0.3 is 0 Å². The van der Waals surface area contributed by atoms with Crippen molar-refractivity contribution < 1.29 is 4.79 Å². The Balaban J connectivity index is 1.59. The maximum atomic E-state index is 11.0. The Bertz CT molecular complexity index is 654. The van der Waals surface area contributed by atoms with Gasteiger partial charge in [-0.3, -0.25) is 14.7 Å². The lowest BCUT2D eigenvalue weighted by Crippen LogP contribution is -2.26. The molecule has 2 heterocycles. The van der Waals surface area contributed by atoms with E-state index < -0.39 is 0 Å².